The van der Waals surface area contributed by atoms with Crippen molar-refractivity contribution in [2.24, 2.45) is 0 Å². The Balaban J connectivity index is 3.15. The van der Waals surface area contributed by atoms with Crippen molar-refractivity contribution >= 4 is 28.9 Å². The fourth-order valence-electron chi connectivity index (χ4n) is 0.546. The normalized spacial score (nSPS) is 9.64. The minimum Gasteiger partial charge on any atom is -0.258 e. The van der Waals surface area contributed by atoms with Gasteiger partial charge in [0.25, 0.3) is 5.69 Å². The molecule has 0 atom stereocenters. The molecule has 0 unspecified atom stereocenters. The Morgan fingerprint density at radius 1 is 1.45 bits per heavy atom. The predicted octanol–water partition coefficient (Wildman–Crippen LogP) is 2.70. The van der Waals surface area contributed by atoms with E-state index < -0.39 is 4.92 Å². The van der Waals surface area contributed by atoms with Gasteiger partial charge in [-0.3, -0.25) is 10.1 Å². The van der Waals surface area contributed by atoms with Crippen molar-refractivity contribution in [2.45, 2.75) is 0 Å². The summed E-state index contributed by atoms with van der Waals surface area (Å²) in [4.78, 5) is 9.56. The molecule has 1 aromatic rings. The molecule has 1 rings (SSSR count). The smallest absolute Gasteiger partial charge is 0.258 e. The highest BCUT2D eigenvalue weighted by molar-refractivity contribution is 6.42. The minimum atomic E-state index is -0.581. The second-order valence-corrected chi connectivity index (χ2v) is 2.55. The second-order valence-electron chi connectivity index (χ2n) is 1.76. The van der Waals surface area contributed by atoms with E-state index >= 15 is 0 Å². The summed E-state index contributed by atoms with van der Waals surface area (Å²) in [5.41, 5.74) is -0.181. The number of halogens is 2. The third kappa shape index (κ3) is 1.82. The first kappa shape index (κ1) is 8.30. The fourth-order valence-corrected chi connectivity index (χ4v) is 0.816. The van der Waals surface area contributed by atoms with Gasteiger partial charge < -0.3 is 0 Å². The summed E-state index contributed by atoms with van der Waals surface area (Å²) >= 11 is 11.0. The molecule has 57 valence electrons. The molecule has 0 aliphatic rings. The Labute approximate surface area is 72.7 Å². The zero-order chi connectivity index (χ0) is 8.43. The molecule has 0 aliphatic heterocycles. The molecule has 0 N–H and O–H groups in total. The fraction of sp³-hybridized carbons (Fsp3) is 0. The lowest BCUT2D eigenvalue weighted by atomic mass is 10.3. The topological polar surface area (TPSA) is 43.1 Å². The Morgan fingerprint density at radius 2 is 2.09 bits per heavy atom. The van der Waals surface area contributed by atoms with E-state index in [4.69, 9.17) is 23.2 Å². The molecule has 5 heteroatoms. The first-order valence-electron chi connectivity index (χ1n) is 2.63. The summed E-state index contributed by atoms with van der Waals surface area (Å²) in [6, 6.07) is 4.91. The number of non-ortho nitro benzene ring substituents is 1. The Hall–Kier alpha value is -0.800. The average molecular weight is 191 g/mol. The van der Waals surface area contributed by atoms with Gasteiger partial charge in [-0.15, -0.1) is 0 Å². The molecule has 0 spiro atoms. The highest BCUT2D eigenvalue weighted by atomic mass is 35.5. The van der Waals surface area contributed by atoms with Gasteiger partial charge in [0.05, 0.1) is 21.0 Å². The summed E-state index contributed by atoms with van der Waals surface area (Å²) in [5, 5.41) is 10.5. The van der Waals surface area contributed by atoms with E-state index in [1.54, 1.807) is 0 Å². The van der Waals surface area contributed by atoms with Gasteiger partial charge in [-0.2, -0.15) is 0 Å². The molecule has 0 amide bonds. The third-order valence-corrected chi connectivity index (χ3v) is 1.74. The van der Waals surface area contributed by atoms with Crippen LogP contribution < -0.4 is 0 Å². The minimum absolute atomic E-state index is 0.0702. The van der Waals surface area contributed by atoms with Gasteiger partial charge in [-0.05, 0) is 6.07 Å². The lowest BCUT2D eigenvalue weighted by Crippen LogP contribution is -1.87. The van der Waals surface area contributed by atoms with Crippen LogP contribution in [0, 0.1) is 16.2 Å². The van der Waals surface area contributed by atoms with E-state index in [-0.39, 0.29) is 15.7 Å². The van der Waals surface area contributed by atoms with Crippen LogP contribution in [0.1, 0.15) is 0 Å². The molecule has 1 aromatic carbocycles. The monoisotopic (exact) mass is 190 g/mol. The number of nitro benzene ring substituents is 1. The van der Waals surface area contributed by atoms with E-state index in [0.29, 0.717) is 0 Å². The summed E-state index contributed by atoms with van der Waals surface area (Å²) in [6.07, 6.45) is 0. The van der Waals surface area contributed by atoms with E-state index in [9.17, 15) is 10.1 Å². The van der Waals surface area contributed by atoms with E-state index in [0.717, 1.165) is 0 Å². The molecule has 11 heavy (non-hydrogen) atoms. The maximum Gasteiger partial charge on any atom is 0.279 e. The van der Waals surface area contributed by atoms with Crippen LogP contribution in [0.5, 0.6) is 0 Å². The Morgan fingerprint density at radius 3 is 2.55 bits per heavy atom. The van der Waals surface area contributed by atoms with Crippen LogP contribution in [0.2, 0.25) is 10.0 Å². The first-order chi connectivity index (χ1) is 5.11. The maximum absolute atomic E-state index is 10.1. The zero-order valence-corrected chi connectivity index (χ0v) is 6.69. The van der Waals surface area contributed by atoms with Gasteiger partial charge in [-0.1, -0.05) is 23.2 Å². The summed E-state index contributed by atoms with van der Waals surface area (Å²) in [5.74, 6) is 0. The largest absolute Gasteiger partial charge is 0.279 e. The third-order valence-electron chi connectivity index (χ3n) is 1.03. The molecule has 0 heterocycles. The number of benzene rings is 1. The summed E-state index contributed by atoms with van der Waals surface area (Å²) in [7, 11) is 0. The second kappa shape index (κ2) is 3.07. The van der Waals surface area contributed by atoms with E-state index in [2.05, 4.69) is 6.07 Å². The van der Waals surface area contributed by atoms with Gasteiger partial charge >= 0.3 is 0 Å². The van der Waals surface area contributed by atoms with Crippen molar-refractivity contribution in [3.05, 3.63) is 38.4 Å². The van der Waals surface area contributed by atoms with Gasteiger partial charge in [0.2, 0.25) is 0 Å². The van der Waals surface area contributed by atoms with Crippen molar-refractivity contribution in [2.75, 3.05) is 0 Å². The quantitative estimate of drug-likeness (QED) is 0.505. The lowest BCUT2D eigenvalue weighted by molar-refractivity contribution is -0.385. The molecule has 1 radical (unpaired) electrons. The first-order valence-corrected chi connectivity index (χ1v) is 3.38. The van der Waals surface area contributed by atoms with Crippen LogP contribution in [-0.2, 0) is 0 Å². The van der Waals surface area contributed by atoms with E-state index in [1.807, 2.05) is 0 Å². The number of rotatable bonds is 1. The summed E-state index contributed by atoms with van der Waals surface area (Å²) < 4.78 is 0. The number of hydrogen-bond donors (Lipinski definition) is 0. The maximum atomic E-state index is 10.1. The van der Waals surface area contributed by atoms with Crippen LogP contribution in [0.4, 0.5) is 5.69 Å². The van der Waals surface area contributed by atoms with Crippen LogP contribution in [0.25, 0.3) is 0 Å². The van der Waals surface area contributed by atoms with Crippen molar-refractivity contribution < 1.29 is 4.92 Å². The molecule has 3 nitrogen and oxygen atoms in total. The van der Waals surface area contributed by atoms with Crippen molar-refractivity contribution in [1.29, 1.82) is 0 Å². The average Bonchev–Trinajstić information content (AvgIpc) is 1.94. The van der Waals surface area contributed by atoms with Crippen molar-refractivity contribution in [3.8, 4) is 0 Å². The highest BCUT2D eigenvalue weighted by Crippen LogP contribution is 2.24. The molecular formula is C6H2Cl2NO2. The van der Waals surface area contributed by atoms with Gasteiger partial charge in [0.15, 0.2) is 0 Å². The zero-order valence-electron chi connectivity index (χ0n) is 5.17. The standard InChI is InChI=1S/C6H2Cl2NO2/c7-5-2-1-4(9(10)11)3-6(5)8/h1-2H. The van der Waals surface area contributed by atoms with Crippen molar-refractivity contribution in [3.63, 3.8) is 0 Å². The molecule has 0 bridgehead atoms. The number of nitro groups is 1. The van der Waals surface area contributed by atoms with Gasteiger partial charge in [0.1, 0.15) is 0 Å². The van der Waals surface area contributed by atoms with Gasteiger partial charge in [-0.25, -0.2) is 0 Å². The molecule has 0 saturated heterocycles. The number of nitrogens with zero attached hydrogens (tertiary/aromatic N) is 1. The molecular weight excluding hydrogens is 189 g/mol. The van der Waals surface area contributed by atoms with Crippen LogP contribution >= 0.6 is 23.2 Å². The molecule has 0 saturated carbocycles. The Kier molecular flexibility index (Phi) is 2.31. The van der Waals surface area contributed by atoms with Gasteiger partial charge in [0, 0.05) is 6.07 Å². The highest BCUT2D eigenvalue weighted by Gasteiger charge is 2.07. The SMILES string of the molecule is O=[N+]([O-])c1[c]c(Cl)c(Cl)cc1. The molecule has 0 aliphatic carbocycles. The predicted molar refractivity (Wildman–Crippen MR) is 42.0 cm³/mol. The van der Waals surface area contributed by atoms with Crippen LogP contribution in [0.15, 0.2) is 12.1 Å². The summed E-state index contributed by atoms with van der Waals surface area (Å²) in [6.45, 7) is 0. The molecule has 0 fully saturated rings. The lowest BCUT2D eigenvalue weighted by Gasteiger charge is -1.92. The van der Waals surface area contributed by atoms with Crippen LogP contribution in [0.3, 0.4) is 0 Å². The number of hydrogen-bond acceptors (Lipinski definition) is 2. The van der Waals surface area contributed by atoms with Crippen molar-refractivity contribution in [1.82, 2.24) is 0 Å². The van der Waals surface area contributed by atoms with E-state index in [1.165, 1.54) is 12.1 Å². The molecule has 0 aromatic heterocycles. The Bertz CT molecular complexity index is 301. The van der Waals surface area contributed by atoms with Crippen LogP contribution in [-0.4, -0.2) is 4.92 Å².